The van der Waals surface area contributed by atoms with E-state index in [1.54, 1.807) is 24.7 Å². The lowest BCUT2D eigenvalue weighted by molar-refractivity contribution is 0.569. The summed E-state index contributed by atoms with van der Waals surface area (Å²) < 4.78 is 40.8. The Hall–Kier alpha value is -2.94. The first-order valence-electron chi connectivity index (χ1n) is 7.84. The van der Waals surface area contributed by atoms with Crippen molar-refractivity contribution in [2.75, 3.05) is 18.6 Å². The molecule has 0 aliphatic carbocycles. The van der Waals surface area contributed by atoms with Gasteiger partial charge in [-0.3, -0.25) is 5.10 Å². The normalized spacial score (nSPS) is 12.2. The lowest BCUT2D eigenvalue weighted by Gasteiger charge is -2.13. The van der Waals surface area contributed by atoms with Gasteiger partial charge in [-0.2, -0.15) is 10.2 Å². The number of aromatic amines is 1. The summed E-state index contributed by atoms with van der Waals surface area (Å²) in [6.45, 7) is 1.57. The molecule has 0 unspecified atom stereocenters. The van der Waals surface area contributed by atoms with Gasteiger partial charge in [0, 0.05) is 31.0 Å². The van der Waals surface area contributed by atoms with E-state index in [0.29, 0.717) is 16.8 Å². The maximum absolute atomic E-state index is 15.0. The van der Waals surface area contributed by atoms with Gasteiger partial charge in [0.05, 0.1) is 17.2 Å². The number of fused-ring (bicyclic) bond motifs is 2. The second-order valence-corrected chi connectivity index (χ2v) is 8.09. The first kappa shape index (κ1) is 16.5. The zero-order valence-electron chi connectivity index (χ0n) is 14.3. The summed E-state index contributed by atoms with van der Waals surface area (Å²) in [7, 11) is -1.98. The predicted octanol–water partition coefficient (Wildman–Crippen LogP) is 2.77. The molecular formula is C17H16FN5O2S. The molecule has 0 saturated carbocycles. The Morgan fingerprint density at radius 1 is 1.31 bits per heavy atom. The first-order chi connectivity index (χ1) is 12.3. The van der Waals surface area contributed by atoms with Crippen molar-refractivity contribution in [2.45, 2.75) is 11.8 Å². The van der Waals surface area contributed by atoms with Gasteiger partial charge in [-0.1, -0.05) is 0 Å². The topological polar surface area (TPSA) is 92.1 Å². The lowest BCUT2D eigenvalue weighted by Crippen LogP contribution is -2.05. The van der Waals surface area contributed by atoms with Gasteiger partial charge in [0.25, 0.3) is 0 Å². The molecule has 0 radical (unpaired) electrons. The number of anilines is 1. The molecule has 3 aromatic heterocycles. The van der Waals surface area contributed by atoms with Crippen LogP contribution in [0.2, 0.25) is 0 Å². The summed E-state index contributed by atoms with van der Waals surface area (Å²) in [5, 5.41) is 14.4. The van der Waals surface area contributed by atoms with E-state index in [-0.39, 0.29) is 16.0 Å². The van der Waals surface area contributed by atoms with Crippen molar-refractivity contribution >= 4 is 32.1 Å². The van der Waals surface area contributed by atoms with Crippen molar-refractivity contribution in [1.29, 1.82) is 0 Å². The minimum absolute atomic E-state index is 0.176. The van der Waals surface area contributed by atoms with Crippen molar-refractivity contribution in [3.63, 3.8) is 0 Å². The van der Waals surface area contributed by atoms with Gasteiger partial charge in [-0.25, -0.2) is 17.3 Å². The van der Waals surface area contributed by atoms with Gasteiger partial charge in [-0.05, 0) is 35.7 Å². The van der Waals surface area contributed by atoms with Crippen LogP contribution < -0.4 is 5.32 Å². The molecule has 0 amide bonds. The van der Waals surface area contributed by atoms with E-state index in [2.05, 4.69) is 20.6 Å². The molecule has 0 aliphatic rings. The van der Waals surface area contributed by atoms with E-state index in [4.69, 9.17) is 0 Å². The first-order valence-corrected chi connectivity index (χ1v) is 9.73. The van der Waals surface area contributed by atoms with Crippen molar-refractivity contribution in [3.8, 4) is 11.1 Å². The molecule has 0 saturated heterocycles. The Bertz CT molecular complexity index is 1270. The zero-order chi connectivity index (χ0) is 18.6. The molecular weight excluding hydrogens is 357 g/mol. The Labute approximate surface area is 148 Å². The highest BCUT2D eigenvalue weighted by molar-refractivity contribution is 7.91. The van der Waals surface area contributed by atoms with Gasteiger partial charge in [0.1, 0.15) is 16.5 Å². The van der Waals surface area contributed by atoms with Crippen LogP contribution in [0.3, 0.4) is 0 Å². The van der Waals surface area contributed by atoms with Gasteiger partial charge < -0.3 is 5.32 Å². The second kappa shape index (κ2) is 5.53. The van der Waals surface area contributed by atoms with Crippen LogP contribution in [0.25, 0.3) is 27.5 Å². The average Bonchev–Trinajstić information content (AvgIpc) is 3.20. The molecule has 9 heteroatoms. The molecule has 0 spiro atoms. The molecule has 26 heavy (non-hydrogen) atoms. The number of pyridine rings is 1. The van der Waals surface area contributed by atoms with Crippen LogP contribution in [-0.4, -0.2) is 41.5 Å². The van der Waals surface area contributed by atoms with Crippen LogP contribution >= 0.6 is 0 Å². The van der Waals surface area contributed by atoms with Crippen LogP contribution in [0, 0.1) is 12.7 Å². The summed E-state index contributed by atoms with van der Waals surface area (Å²) in [4.78, 5) is -0.353. The molecule has 4 aromatic rings. The van der Waals surface area contributed by atoms with Crippen LogP contribution in [0.4, 0.5) is 10.2 Å². The van der Waals surface area contributed by atoms with Gasteiger partial charge in [0.2, 0.25) is 0 Å². The van der Waals surface area contributed by atoms with Crippen LogP contribution in [0.15, 0.2) is 35.5 Å². The monoisotopic (exact) mass is 373 g/mol. The number of H-pyrrole nitrogens is 1. The number of halogens is 1. The van der Waals surface area contributed by atoms with Crippen molar-refractivity contribution in [2.24, 2.45) is 0 Å². The predicted molar refractivity (Wildman–Crippen MR) is 97.6 cm³/mol. The van der Waals surface area contributed by atoms with Crippen molar-refractivity contribution in [1.82, 2.24) is 19.8 Å². The molecule has 134 valence electrons. The number of rotatable bonds is 3. The summed E-state index contributed by atoms with van der Waals surface area (Å²) in [5.41, 5.74) is 2.62. The molecule has 0 bridgehead atoms. The second-order valence-electron chi connectivity index (χ2n) is 6.14. The quantitative estimate of drug-likeness (QED) is 0.576. The highest BCUT2D eigenvalue weighted by Crippen LogP contribution is 2.37. The fourth-order valence-electron chi connectivity index (χ4n) is 3.23. The molecule has 0 atom stereocenters. The molecule has 3 heterocycles. The third-order valence-corrected chi connectivity index (χ3v) is 5.54. The number of hydrogen-bond donors (Lipinski definition) is 2. The average molecular weight is 373 g/mol. The third-order valence-electron chi connectivity index (χ3n) is 4.42. The van der Waals surface area contributed by atoms with E-state index < -0.39 is 15.7 Å². The highest BCUT2D eigenvalue weighted by atomic mass is 32.2. The van der Waals surface area contributed by atoms with Crippen molar-refractivity contribution < 1.29 is 12.8 Å². The maximum atomic E-state index is 15.0. The van der Waals surface area contributed by atoms with E-state index in [1.807, 2.05) is 18.2 Å². The summed E-state index contributed by atoms with van der Waals surface area (Å²) in [6, 6.07) is 5.56. The SMILES string of the molecule is CNc1cc2cc(-c3c(C)c(F)c(S(C)(=O)=O)c4[nH]ncc34)ccn2n1. The standard InChI is InChI=1S/C17H16FN5O2S/c1-9-14(10-4-5-23-11(6-10)7-13(19-2)22-23)12-8-20-21-16(12)17(15(9)18)26(3,24)25/h4-8H,1-3H3,(H,19,22)(H,20,21). The summed E-state index contributed by atoms with van der Waals surface area (Å²) in [5.74, 6) is -0.0468. The van der Waals surface area contributed by atoms with Crippen LogP contribution in [-0.2, 0) is 9.84 Å². The zero-order valence-corrected chi connectivity index (χ0v) is 15.1. The van der Waals surface area contributed by atoms with Crippen molar-refractivity contribution in [3.05, 3.63) is 42.0 Å². The highest BCUT2D eigenvalue weighted by Gasteiger charge is 2.25. The van der Waals surface area contributed by atoms with E-state index in [1.165, 1.54) is 6.20 Å². The van der Waals surface area contributed by atoms with E-state index in [0.717, 1.165) is 17.3 Å². The summed E-state index contributed by atoms with van der Waals surface area (Å²) >= 11 is 0. The lowest BCUT2D eigenvalue weighted by atomic mass is 9.97. The Morgan fingerprint density at radius 3 is 2.77 bits per heavy atom. The van der Waals surface area contributed by atoms with Gasteiger partial charge in [-0.15, -0.1) is 0 Å². The molecule has 2 N–H and O–H groups in total. The van der Waals surface area contributed by atoms with Gasteiger partial charge >= 0.3 is 0 Å². The van der Waals surface area contributed by atoms with Crippen LogP contribution in [0.5, 0.6) is 0 Å². The number of sulfone groups is 1. The number of nitrogens with one attached hydrogen (secondary N) is 2. The van der Waals surface area contributed by atoms with E-state index >= 15 is 0 Å². The molecule has 0 fully saturated rings. The maximum Gasteiger partial charge on any atom is 0.180 e. The minimum Gasteiger partial charge on any atom is -0.372 e. The van der Waals surface area contributed by atoms with E-state index in [9.17, 15) is 12.8 Å². The summed E-state index contributed by atoms with van der Waals surface area (Å²) in [6.07, 6.45) is 4.28. The smallest absolute Gasteiger partial charge is 0.180 e. The third kappa shape index (κ3) is 2.35. The largest absolute Gasteiger partial charge is 0.372 e. The molecule has 1 aromatic carbocycles. The molecule has 7 nitrogen and oxygen atoms in total. The number of benzene rings is 1. The Balaban J connectivity index is 2.07. The fourth-order valence-corrected chi connectivity index (χ4v) is 4.24. The molecule has 0 aliphatic heterocycles. The van der Waals surface area contributed by atoms with Crippen LogP contribution in [0.1, 0.15) is 5.56 Å². The van der Waals surface area contributed by atoms with Gasteiger partial charge in [0.15, 0.2) is 9.84 Å². The minimum atomic E-state index is -3.75. The number of hydrogen-bond acceptors (Lipinski definition) is 5. The Morgan fingerprint density at radius 2 is 2.08 bits per heavy atom. The Kier molecular flexibility index (Phi) is 3.52. The number of nitrogens with zero attached hydrogens (tertiary/aromatic N) is 3. The number of aromatic nitrogens is 4. The molecule has 4 rings (SSSR count). The fraction of sp³-hybridized carbons (Fsp3) is 0.176.